The zero-order chi connectivity index (χ0) is 14.7. The molecule has 5 nitrogen and oxygen atoms in total. The highest BCUT2D eigenvalue weighted by molar-refractivity contribution is 7.17. The molecule has 6 heteroatoms. The van der Waals surface area contributed by atoms with Gasteiger partial charge >= 0.3 is 5.97 Å². The van der Waals surface area contributed by atoms with Gasteiger partial charge in [0.2, 0.25) is 0 Å². The van der Waals surface area contributed by atoms with Gasteiger partial charge in [-0.3, -0.25) is 4.79 Å². The van der Waals surface area contributed by atoms with Gasteiger partial charge in [-0.1, -0.05) is 6.92 Å². The standard InChI is InChI=1S/C14H19NO4S/c1-8-4-5-9-10(6-8)20-13(12(9)14(17)19-3)15-11(16)7-18-2/h8H,4-7H2,1-3H3,(H,15,16)/t8-/m0/s1. The normalized spacial score (nSPS) is 17.4. The molecule has 1 amide bonds. The first-order valence-corrected chi connectivity index (χ1v) is 7.40. The van der Waals surface area contributed by atoms with Crippen LogP contribution in [0.4, 0.5) is 5.00 Å². The van der Waals surface area contributed by atoms with Gasteiger partial charge in [0.25, 0.3) is 5.91 Å². The minimum Gasteiger partial charge on any atom is -0.465 e. The van der Waals surface area contributed by atoms with E-state index in [1.165, 1.54) is 30.4 Å². The number of rotatable bonds is 4. The van der Waals surface area contributed by atoms with Crippen LogP contribution in [0.15, 0.2) is 0 Å². The second kappa shape index (κ2) is 6.37. The number of fused-ring (bicyclic) bond motifs is 1. The lowest BCUT2D eigenvalue weighted by Gasteiger charge is -2.18. The van der Waals surface area contributed by atoms with Gasteiger partial charge in [0.15, 0.2) is 0 Å². The summed E-state index contributed by atoms with van der Waals surface area (Å²) in [7, 11) is 2.82. The lowest BCUT2D eigenvalue weighted by Crippen LogP contribution is -2.19. The van der Waals surface area contributed by atoms with Crippen LogP contribution in [0.25, 0.3) is 0 Å². The molecule has 1 heterocycles. The Hall–Kier alpha value is -1.40. The van der Waals surface area contributed by atoms with Gasteiger partial charge in [0.05, 0.1) is 12.7 Å². The van der Waals surface area contributed by atoms with Crippen molar-refractivity contribution in [2.45, 2.75) is 26.2 Å². The van der Waals surface area contributed by atoms with E-state index < -0.39 is 0 Å². The molecule has 0 fully saturated rings. The van der Waals surface area contributed by atoms with Gasteiger partial charge in [-0.05, 0) is 30.7 Å². The maximum atomic E-state index is 12.0. The van der Waals surface area contributed by atoms with Crippen molar-refractivity contribution in [3.63, 3.8) is 0 Å². The van der Waals surface area contributed by atoms with Crippen LogP contribution in [0.1, 0.15) is 34.1 Å². The van der Waals surface area contributed by atoms with Crippen molar-refractivity contribution in [2.24, 2.45) is 5.92 Å². The van der Waals surface area contributed by atoms with E-state index in [9.17, 15) is 9.59 Å². The van der Waals surface area contributed by atoms with E-state index in [2.05, 4.69) is 12.2 Å². The van der Waals surface area contributed by atoms with E-state index >= 15 is 0 Å². The predicted octanol–water partition coefficient (Wildman–Crippen LogP) is 2.24. The Morgan fingerprint density at radius 3 is 2.80 bits per heavy atom. The molecule has 0 saturated carbocycles. The van der Waals surface area contributed by atoms with Crippen LogP contribution < -0.4 is 5.32 Å². The number of esters is 1. The molecule has 0 unspecified atom stereocenters. The minimum atomic E-state index is -0.384. The Bertz CT molecular complexity index is 523. The molecule has 0 aliphatic heterocycles. The summed E-state index contributed by atoms with van der Waals surface area (Å²) in [5, 5.41) is 3.33. The van der Waals surface area contributed by atoms with Crippen LogP contribution in [0.3, 0.4) is 0 Å². The van der Waals surface area contributed by atoms with Gasteiger partial charge in [-0.2, -0.15) is 0 Å². The van der Waals surface area contributed by atoms with Gasteiger partial charge in [-0.15, -0.1) is 11.3 Å². The van der Waals surface area contributed by atoms with E-state index in [-0.39, 0.29) is 18.5 Å². The number of hydrogen-bond donors (Lipinski definition) is 1. The summed E-state index contributed by atoms with van der Waals surface area (Å²) in [6.45, 7) is 2.17. The molecule has 1 atom stereocenters. The van der Waals surface area contributed by atoms with Crippen molar-refractivity contribution in [2.75, 3.05) is 26.1 Å². The van der Waals surface area contributed by atoms with Crippen molar-refractivity contribution in [3.8, 4) is 0 Å². The molecule has 110 valence electrons. The quantitative estimate of drug-likeness (QED) is 0.866. The van der Waals surface area contributed by atoms with Crippen LogP contribution in [-0.4, -0.2) is 32.7 Å². The largest absolute Gasteiger partial charge is 0.465 e. The average molecular weight is 297 g/mol. The van der Waals surface area contributed by atoms with E-state index in [4.69, 9.17) is 9.47 Å². The van der Waals surface area contributed by atoms with Crippen LogP contribution >= 0.6 is 11.3 Å². The Labute approximate surface area is 122 Å². The SMILES string of the molecule is COCC(=O)Nc1sc2c(c1C(=O)OC)CC[C@H](C)C2. The molecule has 0 radical (unpaired) electrons. The first-order valence-electron chi connectivity index (χ1n) is 6.58. The summed E-state index contributed by atoms with van der Waals surface area (Å²) in [5.74, 6) is -0.0387. The number of methoxy groups -OCH3 is 2. The van der Waals surface area contributed by atoms with Crippen LogP contribution in [-0.2, 0) is 27.1 Å². The van der Waals surface area contributed by atoms with Crippen molar-refractivity contribution in [1.82, 2.24) is 0 Å². The molecule has 1 aromatic heterocycles. The second-order valence-electron chi connectivity index (χ2n) is 5.03. The van der Waals surface area contributed by atoms with Crippen LogP contribution in [0, 0.1) is 5.92 Å². The summed E-state index contributed by atoms with van der Waals surface area (Å²) >= 11 is 1.48. The number of thiophene rings is 1. The maximum Gasteiger partial charge on any atom is 0.341 e. The van der Waals surface area contributed by atoms with Gasteiger partial charge in [0, 0.05) is 12.0 Å². The van der Waals surface area contributed by atoms with Crippen molar-refractivity contribution in [1.29, 1.82) is 0 Å². The number of carbonyl (C=O) groups excluding carboxylic acids is 2. The fraction of sp³-hybridized carbons (Fsp3) is 0.571. The van der Waals surface area contributed by atoms with Gasteiger partial charge in [-0.25, -0.2) is 4.79 Å². The van der Waals surface area contributed by atoms with E-state index in [1.807, 2.05) is 0 Å². The summed E-state index contributed by atoms with van der Waals surface area (Å²) in [5.41, 5.74) is 1.55. The summed E-state index contributed by atoms with van der Waals surface area (Å²) in [6, 6.07) is 0. The fourth-order valence-electron chi connectivity index (χ4n) is 2.45. The third kappa shape index (κ3) is 3.02. The van der Waals surface area contributed by atoms with Crippen LogP contribution in [0.2, 0.25) is 0 Å². The average Bonchev–Trinajstić information content (AvgIpc) is 2.74. The molecule has 20 heavy (non-hydrogen) atoms. The molecule has 0 bridgehead atoms. The zero-order valence-corrected chi connectivity index (χ0v) is 12.8. The topological polar surface area (TPSA) is 64.6 Å². The fourth-order valence-corrected chi connectivity index (χ4v) is 3.87. The Balaban J connectivity index is 2.35. The molecular formula is C14H19NO4S. The molecule has 1 aliphatic rings. The number of nitrogens with one attached hydrogen (secondary N) is 1. The Morgan fingerprint density at radius 2 is 2.15 bits per heavy atom. The third-order valence-corrected chi connectivity index (χ3v) is 4.60. The van der Waals surface area contributed by atoms with Crippen molar-refractivity contribution in [3.05, 3.63) is 16.0 Å². The minimum absolute atomic E-state index is 0.0282. The molecule has 2 rings (SSSR count). The van der Waals surface area contributed by atoms with Crippen molar-refractivity contribution < 1.29 is 19.1 Å². The summed E-state index contributed by atoms with van der Waals surface area (Å²) in [4.78, 5) is 24.8. The highest BCUT2D eigenvalue weighted by Gasteiger charge is 2.28. The van der Waals surface area contributed by atoms with Crippen LogP contribution in [0.5, 0.6) is 0 Å². The second-order valence-corrected chi connectivity index (χ2v) is 6.13. The molecule has 0 aromatic carbocycles. The summed E-state index contributed by atoms with van der Waals surface area (Å²) in [6.07, 6.45) is 2.86. The van der Waals surface area contributed by atoms with E-state index in [0.29, 0.717) is 16.5 Å². The Kier molecular flexibility index (Phi) is 4.77. The predicted molar refractivity (Wildman–Crippen MR) is 77.4 cm³/mol. The Morgan fingerprint density at radius 1 is 1.40 bits per heavy atom. The van der Waals surface area contributed by atoms with E-state index in [0.717, 1.165) is 24.8 Å². The first kappa shape index (κ1) is 15.0. The number of amides is 1. The number of ether oxygens (including phenoxy) is 2. The lowest BCUT2D eigenvalue weighted by atomic mass is 9.88. The number of carbonyl (C=O) groups is 2. The molecule has 0 spiro atoms. The molecule has 1 N–H and O–H groups in total. The van der Waals surface area contributed by atoms with Gasteiger partial charge in [0.1, 0.15) is 11.6 Å². The monoisotopic (exact) mass is 297 g/mol. The maximum absolute atomic E-state index is 12.0. The first-order chi connectivity index (χ1) is 9.56. The smallest absolute Gasteiger partial charge is 0.341 e. The molecular weight excluding hydrogens is 278 g/mol. The third-order valence-electron chi connectivity index (χ3n) is 3.43. The van der Waals surface area contributed by atoms with Gasteiger partial charge < -0.3 is 14.8 Å². The molecule has 0 saturated heterocycles. The zero-order valence-electron chi connectivity index (χ0n) is 11.9. The van der Waals surface area contributed by atoms with Crippen molar-refractivity contribution >= 4 is 28.2 Å². The number of hydrogen-bond acceptors (Lipinski definition) is 5. The number of anilines is 1. The highest BCUT2D eigenvalue weighted by atomic mass is 32.1. The highest BCUT2D eigenvalue weighted by Crippen LogP contribution is 2.39. The lowest BCUT2D eigenvalue weighted by molar-refractivity contribution is -0.119. The summed E-state index contributed by atoms with van der Waals surface area (Å²) < 4.78 is 9.65. The van der Waals surface area contributed by atoms with E-state index in [1.54, 1.807) is 0 Å². The molecule has 1 aliphatic carbocycles. The molecule has 1 aromatic rings.